The van der Waals surface area contributed by atoms with Gasteiger partial charge in [-0.1, -0.05) is 22.0 Å². The number of aryl methyl sites for hydroxylation is 2. The lowest BCUT2D eigenvalue weighted by atomic mass is 10.0. The van der Waals surface area contributed by atoms with Crippen LogP contribution in [0.2, 0.25) is 0 Å². The zero-order valence-corrected chi connectivity index (χ0v) is 14.7. The van der Waals surface area contributed by atoms with E-state index in [0.717, 1.165) is 5.56 Å². The number of carbonyl (C=O) groups is 1. The minimum absolute atomic E-state index is 0.0384. The van der Waals surface area contributed by atoms with Crippen molar-refractivity contribution >= 4 is 37.6 Å². The minimum atomic E-state index is -3.92. The van der Waals surface area contributed by atoms with E-state index in [1.54, 1.807) is 31.2 Å². The predicted molar refractivity (Wildman–Crippen MR) is 90.1 cm³/mol. The van der Waals surface area contributed by atoms with Crippen molar-refractivity contribution in [3.8, 4) is 5.75 Å². The number of hydrogen-bond acceptors (Lipinski definition) is 4. The molecule has 1 amide bonds. The molecule has 23 heavy (non-hydrogen) atoms. The summed E-state index contributed by atoms with van der Waals surface area (Å²) in [7, 11) is -3.92. The summed E-state index contributed by atoms with van der Waals surface area (Å²) in [4.78, 5) is 11.5. The van der Waals surface area contributed by atoms with Gasteiger partial charge in [-0.2, -0.15) is 8.42 Å². The highest BCUT2D eigenvalue weighted by molar-refractivity contribution is 9.10. The SMILES string of the molecule is Cc1ccc(Br)cc1S(=O)(=O)Oc1ccc2c(c1)CCC(=O)N2. The van der Waals surface area contributed by atoms with Crippen molar-refractivity contribution < 1.29 is 17.4 Å². The Morgan fingerprint density at radius 3 is 2.70 bits per heavy atom. The monoisotopic (exact) mass is 395 g/mol. The van der Waals surface area contributed by atoms with E-state index in [2.05, 4.69) is 21.2 Å². The van der Waals surface area contributed by atoms with Crippen LogP contribution in [0.5, 0.6) is 5.75 Å². The lowest BCUT2D eigenvalue weighted by Crippen LogP contribution is -2.19. The second-order valence-corrected chi connectivity index (χ2v) is 7.74. The van der Waals surface area contributed by atoms with Gasteiger partial charge in [0.25, 0.3) is 0 Å². The molecule has 7 heteroatoms. The van der Waals surface area contributed by atoms with E-state index in [1.807, 2.05) is 0 Å². The summed E-state index contributed by atoms with van der Waals surface area (Å²) in [6.07, 6.45) is 0.947. The van der Waals surface area contributed by atoms with Gasteiger partial charge in [0.15, 0.2) is 0 Å². The third-order valence-electron chi connectivity index (χ3n) is 3.60. The fraction of sp³-hybridized carbons (Fsp3) is 0.188. The lowest BCUT2D eigenvalue weighted by molar-refractivity contribution is -0.116. The molecule has 1 aliphatic rings. The van der Waals surface area contributed by atoms with Crippen molar-refractivity contribution in [2.45, 2.75) is 24.7 Å². The van der Waals surface area contributed by atoms with Gasteiger partial charge >= 0.3 is 10.1 Å². The fourth-order valence-corrected chi connectivity index (χ4v) is 4.12. The number of anilines is 1. The number of hydrogen-bond donors (Lipinski definition) is 1. The molecule has 120 valence electrons. The molecule has 0 unspecified atom stereocenters. The van der Waals surface area contributed by atoms with Crippen LogP contribution in [0.4, 0.5) is 5.69 Å². The normalized spacial score (nSPS) is 14.1. The first-order chi connectivity index (χ1) is 10.8. The van der Waals surface area contributed by atoms with Crippen LogP contribution < -0.4 is 9.50 Å². The molecule has 2 aromatic rings. The van der Waals surface area contributed by atoms with Crippen LogP contribution in [0.25, 0.3) is 0 Å². The van der Waals surface area contributed by atoms with Crippen molar-refractivity contribution in [2.75, 3.05) is 5.32 Å². The van der Waals surface area contributed by atoms with E-state index >= 15 is 0 Å². The number of halogens is 1. The van der Waals surface area contributed by atoms with Crippen LogP contribution in [-0.2, 0) is 21.3 Å². The average molecular weight is 396 g/mol. The van der Waals surface area contributed by atoms with Crippen molar-refractivity contribution in [2.24, 2.45) is 0 Å². The number of benzene rings is 2. The molecule has 0 bridgehead atoms. The van der Waals surface area contributed by atoms with Gasteiger partial charge in [-0.15, -0.1) is 0 Å². The molecule has 3 rings (SSSR count). The van der Waals surface area contributed by atoms with Crippen molar-refractivity contribution in [3.63, 3.8) is 0 Å². The standard InChI is InChI=1S/C16H14BrNO4S/c1-10-2-4-12(17)9-15(10)23(20,21)22-13-5-6-14-11(8-13)3-7-16(19)18-14/h2,4-6,8-9H,3,7H2,1H3,(H,18,19). The molecule has 0 fully saturated rings. The fourth-order valence-electron chi connectivity index (χ4n) is 2.43. The van der Waals surface area contributed by atoms with Gasteiger partial charge in [-0.25, -0.2) is 0 Å². The number of amides is 1. The van der Waals surface area contributed by atoms with Crippen LogP contribution in [-0.4, -0.2) is 14.3 Å². The third kappa shape index (κ3) is 3.40. The van der Waals surface area contributed by atoms with Crippen molar-refractivity contribution in [1.82, 2.24) is 0 Å². The second kappa shape index (κ2) is 5.98. The summed E-state index contributed by atoms with van der Waals surface area (Å²) in [5.74, 6) is 0.197. The van der Waals surface area contributed by atoms with E-state index < -0.39 is 10.1 Å². The maximum absolute atomic E-state index is 12.5. The smallest absolute Gasteiger partial charge is 0.339 e. The number of carbonyl (C=O) groups excluding carboxylic acids is 1. The molecule has 0 radical (unpaired) electrons. The van der Waals surface area contributed by atoms with E-state index in [-0.39, 0.29) is 16.6 Å². The summed E-state index contributed by atoms with van der Waals surface area (Å²) in [6.45, 7) is 1.71. The Morgan fingerprint density at radius 2 is 1.91 bits per heavy atom. The van der Waals surface area contributed by atoms with Gasteiger partial charge in [0.1, 0.15) is 10.6 Å². The quantitative estimate of drug-likeness (QED) is 0.808. The lowest BCUT2D eigenvalue weighted by Gasteiger charge is -2.17. The first-order valence-corrected chi connectivity index (χ1v) is 9.19. The van der Waals surface area contributed by atoms with E-state index in [9.17, 15) is 13.2 Å². The zero-order valence-electron chi connectivity index (χ0n) is 12.3. The van der Waals surface area contributed by atoms with Gasteiger partial charge in [0.05, 0.1) is 0 Å². The predicted octanol–water partition coefficient (Wildman–Crippen LogP) is 3.41. The molecule has 5 nitrogen and oxygen atoms in total. The topological polar surface area (TPSA) is 72.5 Å². The summed E-state index contributed by atoms with van der Waals surface area (Å²) < 4.78 is 30.9. The van der Waals surface area contributed by atoms with E-state index in [0.29, 0.717) is 28.6 Å². The third-order valence-corrected chi connectivity index (χ3v) is 5.48. The summed E-state index contributed by atoms with van der Waals surface area (Å²) in [5, 5.41) is 2.75. The van der Waals surface area contributed by atoms with E-state index in [1.165, 1.54) is 12.1 Å². The Balaban J connectivity index is 1.92. The average Bonchev–Trinajstić information content (AvgIpc) is 2.49. The summed E-state index contributed by atoms with van der Waals surface area (Å²) >= 11 is 3.27. The molecule has 0 saturated carbocycles. The Hall–Kier alpha value is -1.86. The zero-order chi connectivity index (χ0) is 16.6. The van der Waals surface area contributed by atoms with E-state index in [4.69, 9.17) is 4.18 Å². The van der Waals surface area contributed by atoms with Gasteiger partial charge in [0.2, 0.25) is 5.91 Å². The maximum Gasteiger partial charge on any atom is 0.339 e. The molecular formula is C16H14BrNO4S. The van der Waals surface area contributed by atoms with Gasteiger partial charge in [0, 0.05) is 16.6 Å². The molecule has 0 spiro atoms. The molecule has 1 aliphatic heterocycles. The van der Waals surface area contributed by atoms with Gasteiger partial charge in [-0.3, -0.25) is 4.79 Å². The first-order valence-electron chi connectivity index (χ1n) is 6.98. The minimum Gasteiger partial charge on any atom is -0.379 e. The molecular weight excluding hydrogens is 382 g/mol. The van der Waals surface area contributed by atoms with Gasteiger partial charge < -0.3 is 9.50 Å². The highest BCUT2D eigenvalue weighted by atomic mass is 79.9. The van der Waals surface area contributed by atoms with Crippen molar-refractivity contribution in [3.05, 3.63) is 52.0 Å². The van der Waals surface area contributed by atoms with Crippen molar-refractivity contribution in [1.29, 1.82) is 0 Å². The Morgan fingerprint density at radius 1 is 1.13 bits per heavy atom. The molecule has 0 aromatic heterocycles. The Labute approximate surface area is 142 Å². The van der Waals surface area contributed by atoms with Crippen LogP contribution >= 0.6 is 15.9 Å². The Bertz CT molecular complexity index is 893. The summed E-state index contributed by atoms with van der Waals surface area (Å²) in [5.41, 5.74) is 2.17. The summed E-state index contributed by atoms with van der Waals surface area (Å²) in [6, 6.07) is 9.85. The van der Waals surface area contributed by atoms with Gasteiger partial charge in [-0.05, 0) is 54.8 Å². The highest BCUT2D eigenvalue weighted by Crippen LogP contribution is 2.29. The second-order valence-electron chi connectivity index (χ2n) is 5.31. The molecule has 0 saturated heterocycles. The molecule has 1 N–H and O–H groups in total. The maximum atomic E-state index is 12.5. The number of fused-ring (bicyclic) bond motifs is 1. The largest absolute Gasteiger partial charge is 0.379 e. The molecule has 0 aliphatic carbocycles. The molecule has 2 aromatic carbocycles. The van der Waals surface area contributed by atoms with Crippen LogP contribution in [0.3, 0.4) is 0 Å². The number of nitrogens with one attached hydrogen (secondary N) is 1. The molecule has 0 atom stereocenters. The first kappa shape index (κ1) is 16.0. The van der Waals surface area contributed by atoms with Crippen LogP contribution in [0.1, 0.15) is 17.5 Å². The van der Waals surface area contributed by atoms with Crippen LogP contribution in [0.15, 0.2) is 45.8 Å². The number of rotatable bonds is 3. The highest BCUT2D eigenvalue weighted by Gasteiger charge is 2.21. The Kier molecular flexibility index (Phi) is 4.16. The van der Waals surface area contributed by atoms with Crippen LogP contribution in [0, 0.1) is 6.92 Å². The molecule has 1 heterocycles.